The van der Waals surface area contributed by atoms with Gasteiger partial charge >= 0.3 is 0 Å². The summed E-state index contributed by atoms with van der Waals surface area (Å²) in [7, 11) is 0. The van der Waals surface area contributed by atoms with E-state index in [-0.39, 0.29) is 6.10 Å². The first-order chi connectivity index (χ1) is 4.29. The Morgan fingerprint density at radius 1 is 1.67 bits per heavy atom. The molecule has 50 valence electrons. The number of ether oxygens (including phenoxy) is 1. The van der Waals surface area contributed by atoms with Crippen LogP contribution in [0.3, 0.4) is 0 Å². The molecular formula is C7H11NO. The standard InChI is InChI=1S/C7H11NO/c1-6(2)9-7-4-3-5-8-7/h3-4,6H,5H2,1-2H3. The molecule has 1 heterocycles. The molecular weight excluding hydrogens is 114 g/mol. The summed E-state index contributed by atoms with van der Waals surface area (Å²) in [6.07, 6.45) is 4.13. The molecule has 0 bridgehead atoms. The first kappa shape index (κ1) is 6.33. The molecule has 0 aromatic rings. The summed E-state index contributed by atoms with van der Waals surface area (Å²) in [5, 5.41) is 0. The lowest BCUT2D eigenvalue weighted by Gasteiger charge is -2.05. The number of rotatable bonds is 1. The fourth-order valence-corrected chi connectivity index (χ4v) is 0.667. The number of nitrogens with zero attached hydrogens (tertiary/aromatic N) is 1. The zero-order valence-electron chi connectivity index (χ0n) is 5.79. The van der Waals surface area contributed by atoms with Crippen LogP contribution in [0.25, 0.3) is 0 Å². The van der Waals surface area contributed by atoms with Crippen molar-refractivity contribution in [1.29, 1.82) is 0 Å². The lowest BCUT2D eigenvalue weighted by atomic mass is 10.5. The second-order valence-corrected chi connectivity index (χ2v) is 2.25. The largest absolute Gasteiger partial charge is 0.475 e. The molecule has 0 aromatic carbocycles. The van der Waals surface area contributed by atoms with Crippen molar-refractivity contribution in [2.75, 3.05) is 6.54 Å². The van der Waals surface area contributed by atoms with Gasteiger partial charge in [-0.15, -0.1) is 0 Å². The fraction of sp³-hybridized carbons (Fsp3) is 0.571. The molecule has 0 aromatic heterocycles. The lowest BCUT2D eigenvalue weighted by Crippen LogP contribution is -2.07. The average molecular weight is 125 g/mol. The molecule has 0 N–H and O–H groups in total. The molecule has 2 heteroatoms. The normalized spacial score (nSPS) is 16.6. The highest BCUT2D eigenvalue weighted by Gasteiger charge is 2.00. The highest BCUT2D eigenvalue weighted by molar-refractivity contribution is 5.89. The van der Waals surface area contributed by atoms with E-state index in [9.17, 15) is 0 Å². The Labute approximate surface area is 55.2 Å². The van der Waals surface area contributed by atoms with Crippen molar-refractivity contribution in [3.05, 3.63) is 12.2 Å². The van der Waals surface area contributed by atoms with Crippen LogP contribution in [0.1, 0.15) is 13.8 Å². The molecule has 0 spiro atoms. The Balaban J connectivity index is 2.35. The summed E-state index contributed by atoms with van der Waals surface area (Å²) in [6.45, 7) is 4.77. The molecule has 1 rings (SSSR count). The molecule has 0 unspecified atom stereocenters. The molecule has 0 saturated heterocycles. The molecule has 0 saturated carbocycles. The van der Waals surface area contributed by atoms with Crippen molar-refractivity contribution in [2.24, 2.45) is 4.99 Å². The molecule has 1 aliphatic heterocycles. The van der Waals surface area contributed by atoms with E-state index in [1.165, 1.54) is 0 Å². The molecule has 0 radical (unpaired) electrons. The summed E-state index contributed by atoms with van der Waals surface area (Å²) in [4.78, 5) is 4.06. The van der Waals surface area contributed by atoms with Gasteiger partial charge in [0.15, 0.2) is 0 Å². The van der Waals surface area contributed by atoms with Crippen molar-refractivity contribution >= 4 is 5.90 Å². The van der Waals surface area contributed by atoms with Crippen LogP contribution in [-0.4, -0.2) is 18.5 Å². The van der Waals surface area contributed by atoms with Crippen LogP contribution in [0.2, 0.25) is 0 Å². The van der Waals surface area contributed by atoms with E-state index in [0.717, 1.165) is 12.4 Å². The van der Waals surface area contributed by atoms with E-state index in [4.69, 9.17) is 4.74 Å². The van der Waals surface area contributed by atoms with Gasteiger partial charge in [-0.25, -0.2) is 4.99 Å². The molecule has 1 aliphatic rings. The van der Waals surface area contributed by atoms with Gasteiger partial charge in [-0.2, -0.15) is 0 Å². The minimum absolute atomic E-state index is 0.242. The van der Waals surface area contributed by atoms with Crippen LogP contribution in [0, 0.1) is 0 Å². The summed E-state index contributed by atoms with van der Waals surface area (Å²) in [5.41, 5.74) is 0. The molecule has 0 amide bonds. The summed E-state index contributed by atoms with van der Waals surface area (Å²) >= 11 is 0. The maximum Gasteiger partial charge on any atom is 0.208 e. The van der Waals surface area contributed by atoms with Gasteiger partial charge in [0.2, 0.25) is 5.90 Å². The molecule has 0 aliphatic carbocycles. The van der Waals surface area contributed by atoms with Crippen LogP contribution in [0.15, 0.2) is 17.1 Å². The van der Waals surface area contributed by atoms with Gasteiger partial charge in [0.25, 0.3) is 0 Å². The smallest absolute Gasteiger partial charge is 0.208 e. The van der Waals surface area contributed by atoms with Crippen molar-refractivity contribution in [1.82, 2.24) is 0 Å². The Hall–Kier alpha value is -0.790. The Kier molecular flexibility index (Phi) is 1.88. The Morgan fingerprint density at radius 3 is 2.89 bits per heavy atom. The second-order valence-electron chi connectivity index (χ2n) is 2.25. The maximum absolute atomic E-state index is 5.27. The van der Waals surface area contributed by atoms with Gasteiger partial charge in [-0.05, 0) is 19.9 Å². The van der Waals surface area contributed by atoms with E-state index in [2.05, 4.69) is 4.99 Å². The Morgan fingerprint density at radius 2 is 2.44 bits per heavy atom. The predicted molar refractivity (Wildman–Crippen MR) is 37.7 cm³/mol. The fourth-order valence-electron chi connectivity index (χ4n) is 0.667. The quantitative estimate of drug-likeness (QED) is 0.518. The average Bonchev–Trinajstić information content (AvgIpc) is 2.15. The third kappa shape index (κ3) is 1.88. The number of aliphatic imine (C=N–C) groups is 1. The molecule has 0 fully saturated rings. The lowest BCUT2D eigenvalue weighted by molar-refractivity contribution is 0.231. The van der Waals surface area contributed by atoms with E-state index in [0.29, 0.717) is 0 Å². The predicted octanol–water partition coefficient (Wildman–Crippen LogP) is 1.38. The highest BCUT2D eigenvalue weighted by atomic mass is 16.5. The summed E-state index contributed by atoms with van der Waals surface area (Å²) in [5.74, 6) is 0.769. The van der Waals surface area contributed by atoms with E-state index >= 15 is 0 Å². The van der Waals surface area contributed by atoms with Gasteiger partial charge < -0.3 is 4.74 Å². The van der Waals surface area contributed by atoms with Crippen molar-refractivity contribution in [3.63, 3.8) is 0 Å². The van der Waals surface area contributed by atoms with Gasteiger partial charge in [0.1, 0.15) is 0 Å². The molecule has 0 atom stereocenters. The van der Waals surface area contributed by atoms with Crippen LogP contribution < -0.4 is 0 Å². The number of hydrogen-bond acceptors (Lipinski definition) is 2. The zero-order valence-corrected chi connectivity index (χ0v) is 5.79. The minimum Gasteiger partial charge on any atom is -0.475 e. The number of hydrogen-bond donors (Lipinski definition) is 0. The van der Waals surface area contributed by atoms with E-state index in [1.54, 1.807) is 0 Å². The SMILES string of the molecule is CC(C)OC1=NCC=C1. The van der Waals surface area contributed by atoms with Crippen LogP contribution in [0.5, 0.6) is 0 Å². The topological polar surface area (TPSA) is 21.6 Å². The van der Waals surface area contributed by atoms with Crippen LogP contribution >= 0.6 is 0 Å². The summed E-state index contributed by atoms with van der Waals surface area (Å²) in [6, 6.07) is 0. The van der Waals surface area contributed by atoms with Gasteiger partial charge in [-0.1, -0.05) is 6.08 Å². The van der Waals surface area contributed by atoms with Crippen molar-refractivity contribution < 1.29 is 4.74 Å². The van der Waals surface area contributed by atoms with Crippen LogP contribution in [-0.2, 0) is 4.74 Å². The third-order valence-electron chi connectivity index (χ3n) is 0.969. The van der Waals surface area contributed by atoms with E-state index in [1.807, 2.05) is 26.0 Å². The maximum atomic E-state index is 5.27. The molecule has 9 heavy (non-hydrogen) atoms. The monoisotopic (exact) mass is 125 g/mol. The van der Waals surface area contributed by atoms with Crippen LogP contribution in [0.4, 0.5) is 0 Å². The van der Waals surface area contributed by atoms with E-state index < -0.39 is 0 Å². The second kappa shape index (κ2) is 2.67. The highest BCUT2D eigenvalue weighted by Crippen LogP contribution is 1.98. The third-order valence-corrected chi connectivity index (χ3v) is 0.969. The minimum atomic E-state index is 0.242. The first-order valence-corrected chi connectivity index (χ1v) is 3.16. The summed E-state index contributed by atoms with van der Waals surface area (Å²) < 4.78 is 5.27. The van der Waals surface area contributed by atoms with Gasteiger partial charge in [-0.3, -0.25) is 0 Å². The van der Waals surface area contributed by atoms with Crippen molar-refractivity contribution in [3.8, 4) is 0 Å². The Bertz CT molecular complexity index is 147. The molecule has 2 nitrogen and oxygen atoms in total. The van der Waals surface area contributed by atoms with Gasteiger partial charge in [0.05, 0.1) is 12.6 Å². The van der Waals surface area contributed by atoms with Crippen molar-refractivity contribution in [2.45, 2.75) is 20.0 Å². The van der Waals surface area contributed by atoms with Gasteiger partial charge in [0, 0.05) is 0 Å². The zero-order chi connectivity index (χ0) is 6.69. The first-order valence-electron chi connectivity index (χ1n) is 3.16.